The van der Waals surface area contributed by atoms with Crippen LogP contribution >= 0.6 is 0 Å². The van der Waals surface area contributed by atoms with Crippen molar-refractivity contribution in [3.8, 4) is 5.75 Å². The fraction of sp³-hybridized carbons (Fsp3) is 0.462. The molecule has 0 unspecified atom stereocenters. The zero-order valence-electron chi connectivity index (χ0n) is 11.6. The Morgan fingerprint density at radius 1 is 1.40 bits per heavy atom. The van der Waals surface area contributed by atoms with E-state index in [2.05, 4.69) is 10.6 Å². The summed E-state index contributed by atoms with van der Waals surface area (Å²) in [6.45, 7) is 3.15. The number of non-ortho nitro benzene ring substituents is 1. The van der Waals surface area contributed by atoms with Crippen LogP contribution in [0.5, 0.6) is 5.75 Å². The van der Waals surface area contributed by atoms with Crippen LogP contribution in [0.15, 0.2) is 18.2 Å². The number of hydrogen-bond donors (Lipinski definition) is 2. The van der Waals surface area contributed by atoms with E-state index in [-0.39, 0.29) is 18.1 Å². The van der Waals surface area contributed by atoms with E-state index in [0.717, 1.165) is 6.42 Å². The lowest BCUT2D eigenvalue weighted by Crippen LogP contribution is -2.33. The average molecular weight is 281 g/mol. The van der Waals surface area contributed by atoms with Crippen LogP contribution < -0.4 is 15.4 Å². The molecule has 0 aliphatic carbocycles. The quantitative estimate of drug-likeness (QED) is 0.552. The Hall–Kier alpha value is -2.15. The van der Waals surface area contributed by atoms with Gasteiger partial charge in [0.25, 0.3) is 5.69 Å². The summed E-state index contributed by atoms with van der Waals surface area (Å²) in [6, 6.07) is 4.51. The lowest BCUT2D eigenvalue weighted by atomic mass is 10.2. The summed E-state index contributed by atoms with van der Waals surface area (Å²) in [5.74, 6) is 0.329. The summed E-state index contributed by atoms with van der Waals surface area (Å²) in [7, 11) is 1.45. The Bertz CT molecular complexity index is 477. The van der Waals surface area contributed by atoms with Crippen molar-refractivity contribution >= 4 is 11.6 Å². The maximum Gasteiger partial charge on any atom is 0.273 e. The van der Waals surface area contributed by atoms with Gasteiger partial charge in [-0.2, -0.15) is 0 Å². The number of carbonyl (C=O) groups excluding carboxylic acids is 1. The van der Waals surface area contributed by atoms with E-state index in [0.29, 0.717) is 24.4 Å². The number of carbonyl (C=O) groups is 1. The Labute approximate surface area is 117 Å². The molecule has 1 aromatic rings. The van der Waals surface area contributed by atoms with Gasteiger partial charge >= 0.3 is 0 Å². The normalized spacial score (nSPS) is 10.1. The van der Waals surface area contributed by atoms with Crippen molar-refractivity contribution in [1.82, 2.24) is 10.6 Å². The Morgan fingerprint density at radius 3 is 2.75 bits per heavy atom. The molecule has 0 radical (unpaired) electrons. The van der Waals surface area contributed by atoms with Gasteiger partial charge in [0.2, 0.25) is 5.91 Å². The van der Waals surface area contributed by atoms with Crippen molar-refractivity contribution in [1.29, 1.82) is 0 Å². The van der Waals surface area contributed by atoms with Gasteiger partial charge < -0.3 is 15.4 Å². The fourth-order valence-electron chi connectivity index (χ4n) is 1.62. The molecular weight excluding hydrogens is 262 g/mol. The highest BCUT2D eigenvalue weighted by atomic mass is 16.6. The third-order valence-electron chi connectivity index (χ3n) is 2.58. The SMILES string of the molecule is CCCNC(=O)CNCc1cc(OC)cc([N+](=O)[O-])c1. The maximum atomic E-state index is 11.4. The van der Waals surface area contributed by atoms with Gasteiger partial charge in [-0.25, -0.2) is 0 Å². The van der Waals surface area contributed by atoms with E-state index < -0.39 is 4.92 Å². The molecule has 7 heteroatoms. The molecule has 0 heterocycles. The minimum absolute atomic E-state index is 0.0309. The number of nitrogens with zero attached hydrogens (tertiary/aromatic N) is 1. The predicted octanol–water partition coefficient (Wildman–Crippen LogP) is 1.22. The first kappa shape index (κ1) is 15.9. The van der Waals surface area contributed by atoms with Crippen molar-refractivity contribution in [3.63, 3.8) is 0 Å². The molecule has 110 valence electrons. The molecule has 0 aromatic heterocycles. The first-order valence-electron chi connectivity index (χ1n) is 6.36. The number of nitro benzene ring substituents is 1. The van der Waals surface area contributed by atoms with Crippen LogP contribution in [0.4, 0.5) is 5.69 Å². The number of benzene rings is 1. The smallest absolute Gasteiger partial charge is 0.273 e. The van der Waals surface area contributed by atoms with Crippen LogP contribution in [-0.4, -0.2) is 31.0 Å². The zero-order chi connectivity index (χ0) is 15.0. The second-order valence-corrected chi connectivity index (χ2v) is 4.25. The first-order chi connectivity index (χ1) is 9.56. The van der Waals surface area contributed by atoms with Crippen LogP contribution in [0.25, 0.3) is 0 Å². The van der Waals surface area contributed by atoms with Gasteiger partial charge in [0.15, 0.2) is 0 Å². The Balaban J connectivity index is 2.57. The molecule has 2 N–H and O–H groups in total. The van der Waals surface area contributed by atoms with Crippen LogP contribution in [0.1, 0.15) is 18.9 Å². The van der Waals surface area contributed by atoms with Gasteiger partial charge in [0.1, 0.15) is 5.75 Å². The Morgan fingerprint density at radius 2 is 2.15 bits per heavy atom. The Kier molecular flexibility index (Phi) is 6.45. The summed E-state index contributed by atoms with van der Waals surface area (Å²) in [4.78, 5) is 21.7. The van der Waals surface area contributed by atoms with Crippen molar-refractivity contribution in [3.05, 3.63) is 33.9 Å². The van der Waals surface area contributed by atoms with E-state index in [1.807, 2.05) is 6.92 Å². The molecule has 1 amide bonds. The highest BCUT2D eigenvalue weighted by Crippen LogP contribution is 2.22. The maximum absolute atomic E-state index is 11.4. The molecular formula is C13H19N3O4. The van der Waals surface area contributed by atoms with Crippen molar-refractivity contribution in [2.75, 3.05) is 20.2 Å². The number of hydrogen-bond acceptors (Lipinski definition) is 5. The van der Waals surface area contributed by atoms with E-state index in [1.165, 1.54) is 19.2 Å². The average Bonchev–Trinajstić information content (AvgIpc) is 2.44. The number of nitrogens with one attached hydrogen (secondary N) is 2. The van der Waals surface area contributed by atoms with Crippen LogP contribution in [0, 0.1) is 10.1 Å². The number of amides is 1. The molecule has 0 saturated carbocycles. The summed E-state index contributed by atoms with van der Waals surface area (Å²) in [5, 5.41) is 16.5. The fourth-order valence-corrected chi connectivity index (χ4v) is 1.62. The number of methoxy groups -OCH3 is 1. The molecule has 1 rings (SSSR count). The predicted molar refractivity (Wildman–Crippen MR) is 74.7 cm³/mol. The first-order valence-corrected chi connectivity index (χ1v) is 6.36. The molecule has 20 heavy (non-hydrogen) atoms. The van der Waals surface area contributed by atoms with Crippen molar-refractivity contribution in [2.24, 2.45) is 0 Å². The monoisotopic (exact) mass is 281 g/mol. The van der Waals surface area contributed by atoms with E-state index in [9.17, 15) is 14.9 Å². The second-order valence-electron chi connectivity index (χ2n) is 4.25. The topological polar surface area (TPSA) is 93.5 Å². The third kappa shape index (κ3) is 5.23. The van der Waals surface area contributed by atoms with Crippen LogP contribution in [0.3, 0.4) is 0 Å². The molecule has 1 aromatic carbocycles. The highest BCUT2D eigenvalue weighted by Gasteiger charge is 2.10. The third-order valence-corrected chi connectivity index (χ3v) is 2.58. The summed E-state index contributed by atoms with van der Waals surface area (Å²) in [5.41, 5.74) is 0.663. The highest BCUT2D eigenvalue weighted by molar-refractivity contribution is 5.77. The molecule has 0 spiro atoms. The largest absolute Gasteiger partial charge is 0.496 e. The molecule has 0 aliphatic rings. The summed E-state index contributed by atoms with van der Waals surface area (Å²) >= 11 is 0. The molecule has 0 bridgehead atoms. The number of rotatable bonds is 8. The van der Waals surface area contributed by atoms with Gasteiger partial charge in [0.05, 0.1) is 24.6 Å². The number of ether oxygens (including phenoxy) is 1. The van der Waals surface area contributed by atoms with Crippen molar-refractivity contribution < 1.29 is 14.5 Å². The minimum Gasteiger partial charge on any atom is -0.496 e. The molecule has 0 aliphatic heterocycles. The minimum atomic E-state index is -0.472. The second kappa shape index (κ2) is 8.11. The van der Waals surface area contributed by atoms with Gasteiger partial charge in [-0.3, -0.25) is 14.9 Å². The molecule has 0 saturated heterocycles. The van der Waals surface area contributed by atoms with Gasteiger partial charge in [-0.1, -0.05) is 6.92 Å². The molecule has 7 nitrogen and oxygen atoms in total. The van der Waals surface area contributed by atoms with Gasteiger partial charge in [-0.15, -0.1) is 0 Å². The molecule has 0 fully saturated rings. The standard InChI is InChI=1S/C13H19N3O4/c1-3-4-15-13(17)9-14-8-10-5-11(16(18)19)7-12(6-10)20-2/h5-7,14H,3-4,8-9H2,1-2H3,(H,15,17). The zero-order valence-corrected chi connectivity index (χ0v) is 11.6. The van der Waals surface area contributed by atoms with Gasteiger partial charge in [0, 0.05) is 19.2 Å². The summed E-state index contributed by atoms with van der Waals surface area (Å²) < 4.78 is 5.01. The van der Waals surface area contributed by atoms with Crippen molar-refractivity contribution in [2.45, 2.75) is 19.9 Å². The van der Waals surface area contributed by atoms with E-state index in [4.69, 9.17) is 4.74 Å². The number of nitro groups is 1. The van der Waals surface area contributed by atoms with E-state index >= 15 is 0 Å². The van der Waals surface area contributed by atoms with Crippen LogP contribution in [0.2, 0.25) is 0 Å². The van der Waals surface area contributed by atoms with Crippen LogP contribution in [-0.2, 0) is 11.3 Å². The lowest BCUT2D eigenvalue weighted by molar-refractivity contribution is -0.385. The van der Waals surface area contributed by atoms with E-state index in [1.54, 1.807) is 6.07 Å². The summed E-state index contributed by atoms with van der Waals surface area (Å²) in [6.07, 6.45) is 0.883. The van der Waals surface area contributed by atoms with Gasteiger partial charge in [-0.05, 0) is 18.1 Å². The molecule has 0 atom stereocenters. The lowest BCUT2D eigenvalue weighted by Gasteiger charge is -2.07.